The van der Waals surface area contributed by atoms with E-state index in [1.807, 2.05) is 0 Å². The first-order chi connectivity index (χ1) is 9.79. The van der Waals surface area contributed by atoms with Gasteiger partial charge >= 0.3 is 0 Å². The number of anilines is 1. The van der Waals surface area contributed by atoms with Crippen LogP contribution in [-0.4, -0.2) is 19.4 Å². The fourth-order valence-electron chi connectivity index (χ4n) is 1.80. The molecule has 0 saturated heterocycles. The number of carbonyl (C=O) groups excluding carboxylic acids is 1. The van der Waals surface area contributed by atoms with Crippen LogP contribution in [0.4, 0.5) is 5.69 Å². The first kappa shape index (κ1) is 15.0. The second-order valence-electron chi connectivity index (χ2n) is 4.47. The van der Waals surface area contributed by atoms with Crippen molar-refractivity contribution in [1.82, 2.24) is 0 Å². The van der Waals surface area contributed by atoms with Gasteiger partial charge in [-0.15, -0.1) is 0 Å². The Morgan fingerprint density at radius 2 is 1.76 bits per heavy atom. The van der Waals surface area contributed by atoms with Gasteiger partial charge in [-0.25, -0.2) is 13.6 Å². The summed E-state index contributed by atoms with van der Waals surface area (Å²) in [6.45, 7) is 1.63. The fourth-order valence-corrected chi connectivity index (χ4v) is 2.31. The molecule has 0 aliphatic carbocycles. The quantitative estimate of drug-likeness (QED) is 0.800. The van der Waals surface area contributed by atoms with Crippen molar-refractivity contribution in [3.8, 4) is 5.75 Å². The van der Waals surface area contributed by atoms with E-state index in [9.17, 15) is 18.3 Å². The number of hydrogen-bond donors (Lipinski definition) is 3. The van der Waals surface area contributed by atoms with Crippen LogP contribution in [0.25, 0.3) is 0 Å². The molecule has 0 atom stereocenters. The van der Waals surface area contributed by atoms with E-state index in [2.05, 4.69) is 5.32 Å². The number of carbonyl (C=O) groups is 1. The molecule has 4 N–H and O–H groups in total. The molecule has 2 aromatic carbocycles. The Balaban J connectivity index is 2.22. The van der Waals surface area contributed by atoms with Crippen LogP contribution in [-0.2, 0) is 10.0 Å². The smallest absolute Gasteiger partial charge is 0.256 e. The summed E-state index contributed by atoms with van der Waals surface area (Å²) in [5, 5.41) is 17.2. The molecule has 0 spiro atoms. The average Bonchev–Trinajstić information content (AvgIpc) is 2.41. The second-order valence-corrected chi connectivity index (χ2v) is 6.03. The lowest BCUT2D eigenvalue weighted by Gasteiger charge is -2.09. The molecule has 7 heteroatoms. The molecule has 0 bridgehead atoms. The van der Waals surface area contributed by atoms with Gasteiger partial charge in [-0.1, -0.05) is 6.07 Å². The minimum atomic E-state index is -3.76. The Kier molecular flexibility index (Phi) is 3.97. The van der Waals surface area contributed by atoms with E-state index in [1.165, 1.54) is 30.3 Å². The summed E-state index contributed by atoms with van der Waals surface area (Å²) in [4.78, 5) is 12.1. The Bertz CT molecular complexity index is 783. The zero-order valence-corrected chi connectivity index (χ0v) is 12.0. The lowest BCUT2D eigenvalue weighted by molar-refractivity contribution is 0.102. The maximum Gasteiger partial charge on any atom is 0.256 e. The summed E-state index contributed by atoms with van der Waals surface area (Å²) in [6, 6.07) is 10.1. The molecular formula is C14H14N2O4S. The van der Waals surface area contributed by atoms with Gasteiger partial charge in [0, 0.05) is 16.8 Å². The van der Waals surface area contributed by atoms with Crippen molar-refractivity contribution in [3.05, 3.63) is 53.6 Å². The van der Waals surface area contributed by atoms with Crippen molar-refractivity contribution in [2.24, 2.45) is 5.14 Å². The summed E-state index contributed by atoms with van der Waals surface area (Å²) in [7, 11) is -3.76. The highest BCUT2D eigenvalue weighted by molar-refractivity contribution is 7.89. The standard InChI is InChI=1S/C14H14N2O4S/c1-9-12(3-2-4-13(9)17)14(18)16-10-5-7-11(8-6-10)21(15,19)20/h2-8,17H,1H3,(H,16,18)(H2,15,19,20). The molecule has 0 heterocycles. The number of rotatable bonds is 3. The summed E-state index contributed by atoms with van der Waals surface area (Å²) in [5.41, 5.74) is 1.23. The number of benzene rings is 2. The summed E-state index contributed by atoms with van der Waals surface area (Å²) in [5.74, 6) is -0.362. The molecule has 1 amide bonds. The van der Waals surface area contributed by atoms with Gasteiger partial charge in [0.25, 0.3) is 5.91 Å². The number of amides is 1. The highest BCUT2D eigenvalue weighted by Crippen LogP contribution is 2.21. The van der Waals surface area contributed by atoms with E-state index in [1.54, 1.807) is 19.1 Å². The monoisotopic (exact) mass is 306 g/mol. The highest BCUT2D eigenvalue weighted by Gasteiger charge is 2.12. The Hall–Kier alpha value is -2.38. The molecular weight excluding hydrogens is 292 g/mol. The van der Waals surface area contributed by atoms with Gasteiger partial charge in [0.1, 0.15) is 5.75 Å². The van der Waals surface area contributed by atoms with E-state index < -0.39 is 15.9 Å². The van der Waals surface area contributed by atoms with Crippen molar-refractivity contribution < 1.29 is 18.3 Å². The lowest BCUT2D eigenvalue weighted by Crippen LogP contribution is -2.14. The van der Waals surface area contributed by atoms with Crippen molar-refractivity contribution in [2.75, 3.05) is 5.32 Å². The van der Waals surface area contributed by atoms with E-state index in [0.29, 0.717) is 16.8 Å². The minimum Gasteiger partial charge on any atom is -0.508 e. The van der Waals surface area contributed by atoms with Crippen molar-refractivity contribution in [1.29, 1.82) is 0 Å². The van der Waals surface area contributed by atoms with Crippen LogP contribution in [0.5, 0.6) is 5.75 Å². The largest absolute Gasteiger partial charge is 0.508 e. The molecule has 0 radical (unpaired) electrons. The molecule has 0 aliphatic rings. The van der Waals surface area contributed by atoms with Crippen LogP contribution in [0.3, 0.4) is 0 Å². The third-order valence-electron chi connectivity index (χ3n) is 2.99. The molecule has 2 aromatic rings. The molecule has 0 aromatic heterocycles. The van der Waals surface area contributed by atoms with Crippen LogP contribution in [0.15, 0.2) is 47.4 Å². The van der Waals surface area contributed by atoms with E-state index in [0.717, 1.165) is 0 Å². The maximum atomic E-state index is 12.1. The number of nitrogens with one attached hydrogen (secondary N) is 1. The van der Waals surface area contributed by atoms with Gasteiger partial charge in [0.15, 0.2) is 0 Å². The second kappa shape index (κ2) is 5.55. The third-order valence-corrected chi connectivity index (χ3v) is 3.92. The van der Waals surface area contributed by atoms with Crippen LogP contribution in [0, 0.1) is 6.92 Å². The van der Waals surface area contributed by atoms with Crippen LogP contribution in [0.1, 0.15) is 15.9 Å². The predicted octanol–water partition coefficient (Wildman–Crippen LogP) is 1.60. The van der Waals surface area contributed by atoms with Gasteiger partial charge in [-0.2, -0.15) is 0 Å². The molecule has 0 saturated carbocycles. The number of sulfonamides is 1. The van der Waals surface area contributed by atoms with Gasteiger partial charge in [0.05, 0.1) is 4.90 Å². The summed E-state index contributed by atoms with van der Waals surface area (Å²) < 4.78 is 22.3. The van der Waals surface area contributed by atoms with E-state index >= 15 is 0 Å². The normalized spacial score (nSPS) is 11.1. The minimum absolute atomic E-state index is 0.0333. The number of phenolic OH excluding ortho intramolecular Hbond substituents is 1. The van der Waals surface area contributed by atoms with Crippen LogP contribution in [0.2, 0.25) is 0 Å². The SMILES string of the molecule is Cc1c(O)cccc1C(=O)Nc1ccc(S(N)(=O)=O)cc1. The highest BCUT2D eigenvalue weighted by atomic mass is 32.2. The van der Waals surface area contributed by atoms with Crippen molar-refractivity contribution in [3.63, 3.8) is 0 Å². The van der Waals surface area contributed by atoms with E-state index in [-0.39, 0.29) is 10.6 Å². The van der Waals surface area contributed by atoms with Crippen molar-refractivity contribution in [2.45, 2.75) is 11.8 Å². The van der Waals surface area contributed by atoms with Gasteiger partial charge in [-0.05, 0) is 43.3 Å². The summed E-state index contributed by atoms with van der Waals surface area (Å²) >= 11 is 0. The predicted molar refractivity (Wildman–Crippen MR) is 78.6 cm³/mol. The number of aromatic hydroxyl groups is 1. The molecule has 6 nitrogen and oxygen atoms in total. The maximum absolute atomic E-state index is 12.1. The van der Waals surface area contributed by atoms with Gasteiger partial charge in [-0.3, -0.25) is 4.79 Å². The molecule has 0 aliphatic heterocycles. The lowest BCUT2D eigenvalue weighted by atomic mass is 10.1. The first-order valence-electron chi connectivity index (χ1n) is 6.02. The third kappa shape index (κ3) is 3.39. The van der Waals surface area contributed by atoms with Gasteiger partial charge < -0.3 is 10.4 Å². The Morgan fingerprint density at radius 1 is 1.14 bits per heavy atom. The average molecular weight is 306 g/mol. The van der Waals surface area contributed by atoms with Crippen LogP contribution >= 0.6 is 0 Å². The van der Waals surface area contributed by atoms with Gasteiger partial charge in [0.2, 0.25) is 10.0 Å². The number of primary sulfonamides is 1. The zero-order valence-electron chi connectivity index (χ0n) is 11.2. The molecule has 0 fully saturated rings. The molecule has 21 heavy (non-hydrogen) atoms. The van der Waals surface area contributed by atoms with Crippen molar-refractivity contribution >= 4 is 21.6 Å². The fraction of sp³-hybridized carbons (Fsp3) is 0.0714. The topological polar surface area (TPSA) is 109 Å². The number of nitrogens with two attached hydrogens (primary N) is 1. The first-order valence-corrected chi connectivity index (χ1v) is 7.56. The Morgan fingerprint density at radius 3 is 2.33 bits per heavy atom. The summed E-state index contributed by atoms with van der Waals surface area (Å²) in [6.07, 6.45) is 0. The molecule has 110 valence electrons. The zero-order chi connectivity index (χ0) is 15.6. The Labute approximate surface area is 122 Å². The molecule has 2 rings (SSSR count). The molecule has 0 unspecified atom stereocenters. The van der Waals surface area contributed by atoms with E-state index in [4.69, 9.17) is 5.14 Å². The number of hydrogen-bond acceptors (Lipinski definition) is 4. The number of phenols is 1. The van der Waals surface area contributed by atoms with Crippen LogP contribution < -0.4 is 10.5 Å².